The summed E-state index contributed by atoms with van der Waals surface area (Å²) in [4.78, 5) is 13.5. The summed E-state index contributed by atoms with van der Waals surface area (Å²) in [6.45, 7) is 3.84. The third kappa shape index (κ3) is 4.15. The first-order valence-electron chi connectivity index (χ1n) is 6.24. The fraction of sp³-hybridized carbons (Fsp3) is 0.833. The lowest BCUT2D eigenvalue weighted by molar-refractivity contribution is -0.125. The number of nitrogens with one attached hydrogen (secondary N) is 1. The number of thiocarbonyl (C=S) groups is 1. The minimum atomic E-state index is 0.0621. The van der Waals surface area contributed by atoms with Crippen molar-refractivity contribution < 1.29 is 4.79 Å². The van der Waals surface area contributed by atoms with E-state index in [1.165, 1.54) is 0 Å². The van der Waals surface area contributed by atoms with Crippen LogP contribution in [0.25, 0.3) is 0 Å². The van der Waals surface area contributed by atoms with E-state index in [1.807, 2.05) is 25.8 Å². The van der Waals surface area contributed by atoms with Crippen LogP contribution in [0.1, 0.15) is 39.5 Å². The molecule has 5 heteroatoms. The average Bonchev–Trinajstić information content (AvgIpc) is 2.28. The molecule has 0 saturated heterocycles. The number of hydrogen-bond acceptors (Lipinski definition) is 2. The monoisotopic (exact) mass is 257 g/mol. The van der Waals surface area contributed by atoms with Crippen molar-refractivity contribution in [2.45, 2.75) is 51.6 Å². The second-order valence-electron chi connectivity index (χ2n) is 5.12. The molecule has 0 bridgehead atoms. The van der Waals surface area contributed by atoms with Gasteiger partial charge in [-0.2, -0.15) is 0 Å². The Bertz CT molecular complexity index is 285. The molecule has 0 heterocycles. The molecule has 17 heavy (non-hydrogen) atoms. The quantitative estimate of drug-likeness (QED) is 0.747. The van der Waals surface area contributed by atoms with Gasteiger partial charge in [-0.1, -0.05) is 13.8 Å². The summed E-state index contributed by atoms with van der Waals surface area (Å²) in [5.74, 6) is 0.211. The summed E-state index contributed by atoms with van der Waals surface area (Å²) in [6.07, 6.45) is 4.10. The Morgan fingerprint density at radius 2 is 1.88 bits per heavy atom. The lowest BCUT2D eigenvalue weighted by Gasteiger charge is -2.35. The Hall–Kier alpha value is -0.840. The van der Waals surface area contributed by atoms with Crippen LogP contribution in [0.2, 0.25) is 0 Å². The van der Waals surface area contributed by atoms with Gasteiger partial charge in [-0.15, -0.1) is 0 Å². The highest BCUT2D eigenvalue weighted by Gasteiger charge is 2.25. The van der Waals surface area contributed by atoms with Gasteiger partial charge in [0, 0.05) is 25.0 Å². The smallest absolute Gasteiger partial charge is 0.222 e. The first-order valence-corrected chi connectivity index (χ1v) is 6.65. The van der Waals surface area contributed by atoms with Crippen molar-refractivity contribution >= 4 is 23.2 Å². The van der Waals surface area contributed by atoms with Crippen molar-refractivity contribution in [3.63, 3.8) is 0 Å². The van der Waals surface area contributed by atoms with Crippen molar-refractivity contribution in [3.05, 3.63) is 0 Å². The van der Waals surface area contributed by atoms with Crippen LogP contribution in [0, 0.1) is 5.92 Å². The summed E-state index contributed by atoms with van der Waals surface area (Å²) in [5, 5.41) is 3.54. The van der Waals surface area contributed by atoms with Crippen LogP contribution in [0.5, 0.6) is 0 Å². The van der Waals surface area contributed by atoms with Crippen molar-refractivity contribution in [1.29, 1.82) is 0 Å². The average molecular weight is 257 g/mol. The van der Waals surface area contributed by atoms with E-state index < -0.39 is 0 Å². The molecule has 0 aliphatic heterocycles. The van der Waals surface area contributed by atoms with E-state index in [-0.39, 0.29) is 11.8 Å². The van der Waals surface area contributed by atoms with Crippen LogP contribution >= 0.6 is 12.2 Å². The van der Waals surface area contributed by atoms with Gasteiger partial charge < -0.3 is 16.0 Å². The van der Waals surface area contributed by atoms with Gasteiger partial charge in [0.05, 0.1) is 0 Å². The van der Waals surface area contributed by atoms with Gasteiger partial charge >= 0.3 is 0 Å². The van der Waals surface area contributed by atoms with Gasteiger partial charge in [0.15, 0.2) is 5.11 Å². The maximum absolute atomic E-state index is 11.6. The van der Waals surface area contributed by atoms with Gasteiger partial charge in [-0.05, 0) is 37.9 Å². The highest BCUT2D eigenvalue weighted by atomic mass is 32.1. The van der Waals surface area contributed by atoms with Crippen molar-refractivity contribution in [1.82, 2.24) is 10.2 Å². The van der Waals surface area contributed by atoms with E-state index in [4.69, 9.17) is 18.0 Å². The first-order chi connectivity index (χ1) is 7.91. The molecule has 1 aliphatic carbocycles. The summed E-state index contributed by atoms with van der Waals surface area (Å²) in [7, 11) is 1.94. The summed E-state index contributed by atoms with van der Waals surface area (Å²) in [5.41, 5.74) is 5.61. The third-order valence-electron chi connectivity index (χ3n) is 3.46. The second kappa shape index (κ2) is 6.19. The molecule has 0 radical (unpaired) electrons. The predicted octanol–water partition coefficient (Wildman–Crippen LogP) is 1.25. The van der Waals surface area contributed by atoms with Crippen LogP contribution in [-0.2, 0) is 4.79 Å². The molecule has 98 valence electrons. The predicted molar refractivity (Wildman–Crippen MR) is 73.6 cm³/mol. The second-order valence-corrected chi connectivity index (χ2v) is 5.54. The molecular formula is C12H23N3OS. The van der Waals surface area contributed by atoms with E-state index >= 15 is 0 Å². The third-order valence-corrected chi connectivity index (χ3v) is 3.75. The highest BCUT2D eigenvalue weighted by Crippen LogP contribution is 2.22. The molecule has 1 amide bonds. The number of amides is 1. The lowest BCUT2D eigenvalue weighted by atomic mass is 9.90. The fourth-order valence-electron chi connectivity index (χ4n) is 2.16. The molecule has 4 nitrogen and oxygen atoms in total. The van der Waals surface area contributed by atoms with E-state index in [0.717, 1.165) is 25.7 Å². The van der Waals surface area contributed by atoms with Gasteiger partial charge in [-0.3, -0.25) is 4.79 Å². The Morgan fingerprint density at radius 1 is 1.35 bits per heavy atom. The number of rotatable bonds is 3. The summed E-state index contributed by atoms with van der Waals surface area (Å²) < 4.78 is 0. The lowest BCUT2D eigenvalue weighted by Crippen LogP contribution is -2.46. The molecule has 1 fully saturated rings. The summed E-state index contributed by atoms with van der Waals surface area (Å²) >= 11 is 4.97. The molecular weight excluding hydrogens is 234 g/mol. The molecule has 1 rings (SSSR count). The zero-order valence-corrected chi connectivity index (χ0v) is 11.7. The van der Waals surface area contributed by atoms with E-state index in [1.54, 1.807) is 0 Å². The molecule has 1 saturated carbocycles. The minimum Gasteiger partial charge on any atom is -0.376 e. The molecule has 0 aromatic heterocycles. The Kier molecular flexibility index (Phi) is 5.18. The van der Waals surface area contributed by atoms with Gasteiger partial charge in [0.25, 0.3) is 0 Å². The van der Waals surface area contributed by atoms with Crippen molar-refractivity contribution in [2.75, 3.05) is 7.05 Å². The van der Waals surface area contributed by atoms with E-state index in [9.17, 15) is 4.79 Å². The maximum atomic E-state index is 11.6. The molecule has 3 N–H and O–H groups in total. The SMILES string of the molecule is CC(C)C(=O)NC1CCC(N(C)C(N)=S)CC1. The van der Waals surface area contributed by atoms with Crippen LogP contribution in [0.4, 0.5) is 0 Å². The number of carbonyl (C=O) groups excluding carboxylic acids is 1. The number of hydrogen-bond donors (Lipinski definition) is 2. The zero-order chi connectivity index (χ0) is 13.0. The van der Waals surface area contributed by atoms with Gasteiger partial charge in [0.2, 0.25) is 5.91 Å². The Morgan fingerprint density at radius 3 is 2.29 bits per heavy atom. The topological polar surface area (TPSA) is 58.4 Å². The molecule has 0 spiro atoms. The molecule has 0 aromatic rings. The highest BCUT2D eigenvalue weighted by molar-refractivity contribution is 7.80. The molecule has 1 aliphatic rings. The largest absolute Gasteiger partial charge is 0.376 e. The van der Waals surface area contributed by atoms with Gasteiger partial charge in [0.1, 0.15) is 0 Å². The fourth-order valence-corrected chi connectivity index (χ4v) is 2.30. The number of nitrogens with zero attached hydrogens (tertiary/aromatic N) is 1. The standard InChI is InChI=1S/C12H23N3OS/c1-8(2)11(16)14-9-4-6-10(7-5-9)15(3)12(13)17/h8-10H,4-7H2,1-3H3,(H2,13,17)(H,14,16). The molecule has 0 atom stereocenters. The zero-order valence-electron chi connectivity index (χ0n) is 10.9. The van der Waals surface area contributed by atoms with Crippen LogP contribution < -0.4 is 11.1 Å². The Balaban J connectivity index is 2.36. The first kappa shape index (κ1) is 14.2. The minimum absolute atomic E-state index is 0.0621. The van der Waals surface area contributed by atoms with Crippen molar-refractivity contribution in [2.24, 2.45) is 11.7 Å². The van der Waals surface area contributed by atoms with Crippen LogP contribution in [0.3, 0.4) is 0 Å². The van der Waals surface area contributed by atoms with E-state index in [2.05, 4.69) is 5.32 Å². The number of carbonyl (C=O) groups is 1. The molecule has 0 aromatic carbocycles. The summed E-state index contributed by atoms with van der Waals surface area (Å²) in [6, 6.07) is 0.751. The maximum Gasteiger partial charge on any atom is 0.222 e. The van der Waals surface area contributed by atoms with E-state index in [0.29, 0.717) is 17.2 Å². The van der Waals surface area contributed by atoms with Gasteiger partial charge in [-0.25, -0.2) is 0 Å². The Labute approximate surface area is 109 Å². The van der Waals surface area contributed by atoms with Crippen molar-refractivity contribution in [3.8, 4) is 0 Å². The van der Waals surface area contributed by atoms with Crippen LogP contribution in [0.15, 0.2) is 0 Å². The number of nitrogens with two attached hydrogens (primary N) is 1. The molecule has 0 unspecified atom stereocenters. The van der Waals surface area contributed by atoms with Crippen LogP contribution in [-0.4, -0.2) is 35.1 Å². The normalized spacial score (nSPS) is 24.5.